The molecule has 0 aliphatic heterocycles. The van der Waals surface area contributed by atoms with Gasteiger partial charge in [0, 0.05) is 21.4 Å². The topological polar surface area (TPSA) is 73.0 Å². The van der Waals surface area contributed by atoms with Crippen LogP contribution in [0.1, 0.15) is 0 Å². The van der Waals surface area contributed by atoms with Crippen LogP contribution < -0.4 is 5.56 Å². The van der Waals surface area contributed by atoms with Crippen molar-refractivity contribution in [3.8, 4) is 34.2 Å². The first-order valence-corrected chi connectivity index (χ1v) is 12.3. The second kappa shape index (κ2) is 8.18. The van der Waals surface area contributed by atoms with E-state index in [-0.39, 0.29) is 5.56 Å². The monoisotopic (exact) mass is 483 g/mol. The Morgan fingerprint density at radius 2 is 1.17 bits per heavy atom. The maximum Gasteiger partial charge on any atom is 0.266 e. The average Bonchev–Trinajstić information content (AvgIpc) is 3.31. The van der Waals surface area contributed by atoms with Gasteiger partial charge in [0.05, 0.1) is 16.4 Å². The number of rotatable bonds is 3. The standard InChI is InChI=1S/C29H17N5OS/c35-28-21-13-7-8-14-24(21)36-29-30-22-16-15-20(17-23(22)34(28)29)27-32-25(18-9-3-1-4-10-18)31-26(33-27)19-11-5-2-6-12-19/h1-17H. The molecule has 7 rings (SSSR count). The summed E-state index contributed by atoms with van der Waals surface area (Å²) >= 11 is 1.50. The summed E-state index contributed by atoms with van der Waals surface area (Å²) < 4.78 is 2.60. The number of fused-ring (bicyclic) bond motifs is 4. The summed E-state index contributed by atoms with van der Waals surface area (Å²) in [5, 5.41) is 0.678. The largest absolute Gasteiger partial charge is 0.268 e. The molecule has 36 heavy (non-hydrogen) atoms. The molecule has 7 aromatic rings. The minimum Gasteiger partial charge on any atom is -0.268 e. The Balaban J connectivity index is 1.48. The highest BCUT2D eigenvalue weighted by Crippen LogP contribution is 2.29. The highest BCUT2D eigenvalue weighted by Gasteiger charge is 2.15. The number of hydrogen-bond donors (Lipinski definition) is 0. The van der Waals surface area contributed by atoms with E-state index in [1.54, 1.807) is 4.40 Å². The van der Waals surface area contributed by atoms with E-state index in [1.807, 2.05) is 103 Å². The van der Waals surface area contributed by atoms with Crippen LogP contribution in [-0.4, -0.2) is 24.3 Å². The molecule has 3 aromatic heterocycles. The molecule has 0 saturated carbocycles. The Morgan fingerprint density at radius 1 is 0.583 bits per heavy atom. The number of nitrogens with zero attached hydrogens (tertiary/aromatic N) is 5. The van der Waals surface area contributed by atoms with Crippen LogP contribution in [0.25, 0.3) is 60.2 Å². The van der Waals surface area contributed by atoms with Crippen molar-refractivity contribution in [2.75, 3.05) is 0 Å². The quantitative estimate of drug-likeness (QED) is 0.297. The third-order valence-corrected chi connectivity index (χ3v) is 7.14. The average molecular weight is 484 g/mol. The highest BCUT2D eigenvalue weighted by molar-refractivity contribution is 7.23. The molecule has 4 aromatic carbocycles. The summed E-state index contributed by atoms with van der Waals surface area (Å²) in [5.74, 6) is 1.72. The highest BCUT2D eigenvalue weighted by atomic mass is 32.1. The molecule has 0 spiro atoms. The molecule has 0 N–H and O–H groups in total. The summed E-state index contributed by atoms with van der Waals surface area (Å²) in [7, 11) is 0. The lowest BCUT2D eigenvalue weighted by atomic mass is 10.1. The summed E-state index contributed by atoms with van der Waals surface area (Å²) in [5.41, 5.74) is 4.01. The number of imidazole rings is 1. The molecule has 0 aliphatic rings. The lowest BCUT2D eigenvalue weighted by molar-refractivity contribution is 1.07. The fraction of sp³-hybridized carbons (Fsp3) is 0. The fourth-order valence-corrected chi connectivity index (χ4v) is 5.37. The molecular weight excluding hydrogens is 466 g/mol. The Bertz CT molecular complexity index is 1910. The van der Waals surface area contributed by atoms with Gasteiger partial charge in [0.25, 0.3) is 5.56 Å². The zero-order valence-corrected chi connectivity index (χ0v) is 19.7. The number of benzene rings is 4. The van der Waals surface area contributed by atoms with Gasteiger partial charge in [-0.2, -0.15) is 0 Å². The molecule has 0 fully saturated rings. The summed E-state index contributed by atoms with van der Waals surface area (Å²) in [4.78, 5) is 33.2. The Hall–Kier alpha value is -4.75. The zero-order chi connectivity index (χ0) is 24.1. The SMILES string of the molecule is O=c1c2ccccc2sc2nc3ccc(-c4nc(-c5ccccc5)nc(-c5ccccc5)n4)cc3n12. The van der Waals surface area contributed by atoms with E-state index >= 15 is 0 Å². The lowest BCUT2D eigenvalue weighted by Gasteiger charge is -2.08. The van der Waals surface area contributed by atoms with Crippen molar-refractivity contribution >= 4 is 37.4 Å². The molecule has 0 radical (unpaired) electrons. The molecule has 0 saturated heterocycles. The first-order chi connectivity index (χ1) is 17.7. The molecule has 0 amide bonds. The second-order valence-corrected chi connectivity index (χ2v) is 9.38. The van der Waals surface area contributed by atoms with Crippen molar-refractivity contribution in [1.29, 1.82) is 0 Å². The predicted molar refractivity (Wildman–Crippen MR) is 144 cm³/mol. The van der Waals surface area contributed by atoms with Gasteiger partial charge in [0.1, 0.15) is 0 Å². The van der Waals surface area contributed by atoms with E-state index in [4.69, 9.17) is 19.9 Å². The maximum atomic E-state index is 13.4. The van der Waals surface area contributed by atoms with Crippen molar-refractivity contribution in [3.05, 3.63) is 113 Å². The van der Waals surface area contributed by atoms with Crippen LogP contribution in [0.3, 0.4) is 0 Å². The van der Waals surface area contributed by atoms with Crippen molar-refractivity contribution in [1.82, 2.24) is 24.3 Å². The van der Waals surface area contributed by atoms with Crippen LogP contribution in [0, 0.1) is 0 Å². The van der Waals surface area contributed by atoms with E-state index in [0.717, 1.165) is 32.4 Å². The van der Waals surface area contributed by atoms with Crippen molar-refractivity contribution < 1.29 is 0 Å². The molecule has 0 unspecified atom stereocenters. The van der Waals surface area contributed by atoms with E-state index in [2.05, 4.69) is 0 Å². The lowest BCUT2D eigenvalue weighted by Crippen LogP contribution is -2.11. The van der Waals surface area contributed by atoms with Gasteiger partial charge in [0.2, 0.25) is 0 Å². The van der Waals surface area contributed by atoms with Gasteiger partial charge in [-0.15, -0.1) is 0 Å². The second-order valence-electron chi connectivity index (χ2n) is 8.37. The Kier molecular flexibility index (Phi) is 4.68. The van der Waals surface area contributed by atoms with Gasteiger partial charge in [-0.25, -0.2) is 24.3 Å². The molecular formula is C29H17N5OS. The number of aromatic nitrogens is 5. The first kappa shape index (κ1) is 20.6. The van der Waals surface area contributed by atoms with Gasteiger partial charge in [-0.1, -0.05) is 84.1 Å². The van der Waals surface area contributed by atoms with Crippen LogP contribution in [0.5, 0.6) is 0 Å². The Labute approximate surface area is 209 Å². The fourth-order valence-electron chi connectivity index (χ4n) is 4.35. The smallest absolute Gasteiger partial charge is 0.266 e. The minimum absolute atomic E-state index is 0.0791. The van der Waals surface area contributed by atoms with Crippen molar-refractivity contribution in [2.45, 2.75) is 0 Å². The van der Waals surface area contributed by atoms with Gasteiger partial charge in [0.15, 0.2) is 22.4 Å². The zero-order valence-electron chi connectivity index (χ0n) is 18.9. The summed E-state index contributed by atoms with van der Waals surface area (Å²) in [6.07, 6.45) is 0. The molecule has 6 nitrogen and oxygen atoms in total. The van der Waals surface area contributed by atoms with Gasteiger partial charge >= 0.3 is 0 Å². The van der Waals surface area contributed by atoms with Crippen molar-refractivity contribution in [3.63, 3.8) is 0 Å². The molecule has 0 bridgehead atoms. The Morgan fingerprint density at radius 3 is 1.83 bits per heavy atom. The van der Waals surface area contributed by atoms with Crippen LogP contribution in [-0.2, 0) is 0 Å². The van der Waals surface area contributed by atoms with Crippen LogP contribution >= 0.6 is 11.3 Å². The third kappa shape index (κ3) is 3.37. The first-order valence-electron chi connectivity index (χ1n) is 11.5. The van der Waals surface area contributed by atoms with Crippen LogP contribution in [0.4, 0.5) is 0 Å². The third-order valence-electron chi connectivity index (χ3n) is 6.10. The minimum atomic E-state index is -0.0791. The molecule has 7 heteroatoms. The van der Waals surface area contributed by atoms with Gasteiger partial charge in [-0.3, -0.25) is 4.79 Å². The normalized spacial score (nSPS) is 11.4. The molecule has 0 atom stereocenters. The van der Waals surface area contributed by atoms with E-state index in [1.165, 1.54) is 11.3 Å². The number of hydrogen-bond acceptors (Lipinski definition) is 6. The van der Waals surface area contributed by atoms with Crippen molar-refractivity contribution in [2.24, 2.45) is 0 Å². The molecule has 170 valence electrons. The maximum absolute atomic E-state index is 13.4. The van der Waals surface area contributed by atoms with E-state index in [9.17, 15) is 4.79 Å². The van der Waals surface area contributed by atoms with Crippen LogP contribution in [0.2, 0.25) is 0 Å². The molecule has 0 aliphatic carbocycles. The van der Waals surface area contributed by atoms with E-state index < -0.39 is 0 Å². The van der Waals surface area contributed by atoms with Gasteiger partial charge in [-0.05, 0) is 30.3 Å². The predicted octanol–water partition coefficient (Wildman–Crippen LogP) is 6.25. The van der Waals surface area contributed by atoms with Gasteiger partial charge < -0.3 is 0 Å². The van der Waals surface area contributed by atoms with Crippen LogP contribution in [0.15, 0.2) is 108 Å². The summed E-state index contributed by atoms with van der Waals surface area (Å²) in [6.45, 7) is 0. The van der Waals surface area contributed by atoms with E-state index in [0.29, 0.717) is 27.8 Å². The molecule has 3 heterocycles. The summed E-state index contributed by atoms with van der Waals surface area (Å²) in [6, 6.07) is 33.2.